The van der Waals surface area contributed by atoms with Crippen LogP contribution in [0.5, 0.6) is 11.5 Å². The Morgan fingerprint density at radius 2 is 1.55 bits per heavy atom. The first-order chi connectivity index (χ1) is 4.79. The van der Waals surface area contributed by atoms with E-state index in [0.717, 1.165) is 0 Å². The van der Waals surface area contributed by atoms with Crippen LogP contribution in [-0.2, 0) is 4.79 Å². The quantitative estimate of drug-likeness (QED) is 0.419. The standard InChI is InChI=1S/C6H6O2.CH2O.Li.H/c7-5-2-1-3-6(8)4-5;1-2;;/h1-4,7-8H;1H2;;/q;;+1;-1. The Labute approximate surface area is 78.3 Å². The summed E-state index contributed by atoms with van der Waals surface area (Å²) in [5.41, 5.74) is 0. The van der Waals surface area contributed by atoms with E-state index in [1.54, 1.807) is 6.07 Å². The molecule has 0 heterocycles. The van der Waals surface area contributed by atoms with E-state index >= 15 is 0 Å². The summed E-state index contributed by atoms with van der Waals surface area (Å²) >= 11 is 0. The molecule has 0 saturated carbocycles. The fourth-order valence-corrected chi connectivity index (χ4v) is 0.493. The third-order valence-corrected chi connectivity index (χ3v) is 0.830. The first kappa shape index (κ1) is 12.7. The fourth-order valence-electron chi connectivity index (χ4n) is 0.493. The van der Waals surface area contributed by atoms with E-state index < -0.39 is 0 Å². The van der Waals surface area contributed by atoms with Crippen molar-refractivity contribution >= 4 is 6.79 Å². The van der Waals surface area contributed by atoms with Gasteiger partial charge in [0.2, 0.25) is 0 Å². The topological polar surface area (TPSA) is 57.5 Å². The van der Waals surface area contributed by atoms with Gasteiger partial charge >= 0.3 is 18.9 Å². The average molecular weight is 148 g/mol. The number of phenolic OH excluding ortho intramolecular Hbond substituents is 2. The van der Waals surface area contributed by atoms with Crippen LogP contribution in [0.4, 0.5) is 0 Å². The van der Waals surface area contributed by atoms with Crippen molar-refractivity contribution in [1.82, 2.24) is 0 Å². The van der Waals surface area contributed by atoms with Crippen molar-refractivity contribution < 1.29 is 35.3 Å². The van der Waals surface area contributed by atoms with Crippen LogP contribution < -0.4 is 18.9 Å². The predicted octanol–water partition coefficient (Wildman–Crippen LogP) is -1.97. The molecule has 11 heavy (non-hydrogen) atoms. The molecule has 1 aromatic rings. The first-order valence-electron chi connectivity index (χ1n) is 2.56. The van der Waals surface area contributed by atoms with Crippen LogP contribution in [0.25, 0.3) is 0 Å². The Balaban J connectivity index is -0.000000189. The van der Waals surface area contributed by atoms with Crippen LogP contribution in [0, 0.1) is 0 Å². The summed E-state index contributed by atoms with van der Waals surface area (Å²) in [6, 6.07) is 5.85. The van der Waals surface area contributed by atoms with Crippen molar-refractivity contribution in [2.45, 2.75) is 0 Å². The molecule has 0 aromatic heterocycles. The second-order valence-corrected chi connectivity index (χ2v) is 1.52. The molecule has 3 nitrogen and oxygen atoms in total. The van der Waals surface area contributed by atoms with Crippen molar-refractivity contribution in [3.8, 4) is 11.5 Å². The number of carbonyl (C=O) groups is 1. The van der Waals surface area contributed by atoms with Gasteiger partial charge in [0, 0.05) is 6.07 Å². The molecule has 0 saturated heterocycles. The zero-order chi connectivity index (χ0) is 7.98. The van der Waals surface area contributed by atoms with E-state index in [2.05, 4.69) is 0 Å². The van der Waals surface area contributed by atoms with Crippen molar-refractivity contribution in [3.05, 3.63) is 24.3 Å². The molecule has 0 aliphatic heterocycles. The summed E-state index contributed by atoms with van der Waals surface area (Å²) in [4.78, 5) is 8.00. The number of carbonyl (C=O) groups excluding carboxylic acids is 1. The van der Waals surface area contributed by atoms with Gasteiger partial charge in [-0.3, -0.25) is 0 Å². The van der Waals surface area contributed by atoms with Gasteiger partial charge in [0.1, 0.15) is 18.3 Å². The summed E-state index contributed by atoms with van der Waals surface area (Å²) in [6.45, 7) is 2.00. The minimum absolute atomic E-state index is 0. The molecule has 1 rings (SSSR count). The maximum absolute atomic E-state index is 8.65. The van der Waals surface area contributed by atoms with Crippen LogP contribution in [0.15, 0.2) is 24.3 Å². The fraction of sp³-hybridized carbons (Fsp3) is 0. The van der Waals surface area contributed by atoms with Crippen LogP contribution >= 0.6 is 0 Å². The molecule has 0 fully saturated rings. The molecule has 0 atom stereocenters. The molecule has 2 N–H and O–H groups in total. The maximum atomic E-state index is 8.65. The van der Waals surface area contributed by atoms with E-state index in [1.165, 1.54) is 18.2 Å². The Morgan fingerprint density at radius 3 is 1.73 bits per heavy atom. The molecular formula is C7H9LiO3. The van der Waals surface area contributed by atoms with E-state index in [1.807, 2.05) is 6.79 Å². The number of hydrogen-bond acceptors (Lipinski definition) is 3. The predicted molar refractivity (Wildman–Crippen MR) is 38.0 cm³/mol. The number of rotatable bonds is 0. The van der Waals surface area contributed by atoms with E-state index in [0.29, 0.717) is 0 Å². The van der Waals surface area contributed by atoms with Gasteiger partial charge in [-0.05, 0) is 12.1 Å². The van der Waals surface area contributed by atoms with Crippen molar-refractivity contribution in [1.29, 1.82) is 0 Å². The van der Waals surface area contributed by atoms with Gasteiger partial charge in [-0.15, -0.1) is 0 Å². The summed E-state index contributed by atoms with van der Waals surface area (Å²) in [5.74, 6) is 0.176. The summed E-state index contributed by atoms with van der Waals surface area (Å²) in [7, 11) is 0. The smallest absolute Gasteiger partial charge is 1.00 e. The molecule has 0 aliphatic carbocycles. The summed E-state index contributed by atoms with van der Waals surface area (Å²) in [5, 5.41) is 17.3. The molecule has 0 bridgehead atoms. The second kappa shape index (κ2) is 7.20. The zero-order valence-electron chi connectivity index (χ0n) is 7.32. The Hall–Kier alpha value is -0.913. The van der Waals surface area contributed by atoms with E-state index in [-0.39, 0.29) is 31.8 Å². The third-order valence-electron chi connectivity index (χ3n) is 0.830. The molecule has 0 amide bonds. The van der Waals surface area contributed by atoms with Gasteiger partial charge in [0.05, 0.1) is 0 Å². The number of hydrogen-bond donors (Lipinski definition) is 2. The van der Waals surface area contributed by atoms with Gasteiger partial charge in [-0.25, -0.2) is 0 Å². The largest absolute Gasteiger partial charge is 1.00 e. The molecule has 0 spiro atoms. The van der Waals surface area contributed by atoms with Crippen LogP contribution in [0.3, 0.4) is 0 Å². The van der Waals surface area contributed by atoms with Crippen molar-refractivity contribution in [2.24, 2.45) is 0 Å². The van der Waals surface area contributed by atoms with Gasteiger partial charge in [-0.1, -0.05) is 6.07 Å². The van der Waals surface area contributed by atoms with Crippen LogP contribution in [-0.4, -0.2) is 17.0 Å². The van der Waals surface area contributed by atoms with E-state index in [4.69, 9.17) is 15.0 Å². The number of aromatic hydroxyl groups is 2. The van der Waals surface area contributed by atoms with Crippen LogP contribution in [0.1, 0.15) is 1.43 Å². The minimum Gasteiger partial charge on any atom is -1.00 e. The normalized spacial score (nSPS) is 6.91. The molecule has 1 aromatic carbocycles. The Bertz CT molecular complexity index is 190. The molecule has 56 valence electrons. The molecule has 0 unspecified atom stereocenters. The SMILES string of the molecule is C=O.Oc1cccc(O)c1.[H-].[Li+]. The molecule has 0 radical (unpaired) electrons. The number of benzene rings is 1. The van der Waals surface area contributed by atoms with Crippen molar-refractivity contribution in [2.75, 3.05) is 0 Å². The van der Waals surface area contributed by atoms with Crippen molar-refractivity contribution in [3.63, 3.8) is 0 Å². The summed E-state index contributed by atoms with van der Waals surface area (Å²) in [6.07, 6.45) is 0. The van der Waals surface area contributed by atoms with Gasteiger partial charge in [-0.2, -0.15) is 0 Å². The van der Waals surface area contributed by atoms with Gasteiger partial charge < -0.3 is 16.4 Å². The second-order valence-electron chi connectivity index (χ2n) is 1.52. The Kier molecular flexibility index (Phi) is 8.33. The zero-order valence-corrected chi connectivity index (χ0v) is 6.32. The number of phenols is 2. The molecular weight excluding hydrogens is 139 g/mol. The third kappa shape index (κ3) is 5.53. The molecule has 0 aliphatic rings. The molecule has 4 heteroatoms. The van der Waals surface area contributed by atoms with E-state index in [9.17, 15) is 0 Å². The maximum Gasteiger partial charge on any atom is 1.00 e. The van der Waals surface area contributed by atoms with Crippen LogP contribution in [0.2, 0.25) is 0 Å². The monoisotopic (exact) mass is 148 g/mol. The first-order valence-corrected chi connectivity index (χ1v) is 2.56. The minimum atomic E-state index is 0. The summed E-state index contributed by atoms with van der Waals surface area (Å²) < 4.78 is 0. The van der Waals surface area contributed by atoms with Gasteiger partial charge in [0.25, 0.3) is 0 Å². The van der Waals surface area contributed by atoms with Gasteiger partial charge in [0.15, 0.2) is 0 Å². The average Bonchev–Trinajstić information content (AvgIpc) is 1.91. The Morgan fingerprint density at radius 1 is 1.18 bits per heavy atom.